The first-order valence-corrected chi connectivity index (χ1v) is 31.5. The second-order valence-electron chi connectivity index (χ2n) is 21.3. The molecule has 72 heavy (non-hydrogen) atoms. The first-order valence-electron chi connectivity index (χ1n) is 30.0. The summed E-state index contributed by atoms with van der Waals surface area (Å²) in [4.78, 5) is 23.2. The molecule has 0 aliphatic heterocycles. The molecule has 9 heteroatoms. The van der Waals surface area contributed by atoms with E-state index >= 15 is 0 Å². The number of hydrogen-bond acceptors (Lipinski definition) is 5. The molecule has 3 unspecified atom stereocenters. The summed E-state index contributed by atoms with van der Waals surface area (Å²) in [6, 6.07) is -0.893. The molecule has 8 nitrogen and oxygen atoms in total. The van der Waals surface area contributed by atoms with Gasteiger partial charge in [0.2, 0.25) is 5.91 Å². The number of hydrogen-bond donors (Lipinski definition) is 3. The van der Waals surface area contributed by atoms with Gasteiger partial charge in [-0.1, -0.05) is 279 Å². The molecule has 0 aromatic carbocycles. The zero-order valence-electron chi connectivity index (χ0n) is 47.7. The van der Waals surface area contributed by atoms with E-state index in [4.69, 9.17) is 9.05 Å². The van der Waals surface area contributed by atoms with Crippen LogP contribution in [0.1, 0.15) is 258 Å². The molecule has 0 rings (SSSR count). The second-order valence-corrected chi connectivity index (χ2v) is 22.8. The van der Waals surface area contributed by atoms with Gasteiger partial charge in [-0.3, -0.25) is 13.8 Å². The van der Waals surface area contributed by atoms with Crippen molar-refractivity contribution in [3.05, 3.63) is 85.1 Å². The lowest BCUT2D eigenvalue weighted by Gasteiger charge is -2.25. The number of carbonyl (C=O) groups is 1. The smallest absolute Gasteiger partial charge is 0.387 e. The minimum Gasteiger partial charge on any atom is -0.387 e. The summed E-state index contributed by atoms with van der Waals surface area (Å²) in [5.74, 6) is -0.259. The monoisotopic (exact) mass is 1030 g/mol. The lowest BCUT2D eigenvalue weighted by atomic mass is 10.0. The number of carbonyl (C=O) groups excluding carboxylic acids is 1. The maximum Gasteiger partial charge on any atom is 0.472 e. The van der Waals surface area contributed by atoms with Crippen LogP contribution in [0.2, 0.25) is 0 Å². The highest BCUT2D eigenvalue weighted by molar-refractivity contribution is 7.47. The van der Waals surface area contributed by atoms with E-state index in [0.29, 0.717) is 17.4 Å². The third kappa shape index (κ3) is 55.4. The van der Waals surface area contributed by atoms with Crippen LogP contribution in [0.15, 0.2) is 85.1 Å². The number of nitrogens with one attached hydrogen (secondary N) is 1. The molecule has 0 aromatic heterocycles. The van der Waals surface area contributed by atoms with Crippen LogP contribution >= 0.6 is 7.82 Å². The zero-order valence-corrected chi connectivity index (χ0v) is 48.5. The van der Waals surface area contributed by atoms with E-state index in [0.717, 1.165) is 57.8 Å². The summed E-state index contributed by atoms with van der Waals surface area (Å²) in [5, 5.41) is 13.9. The van der Waals surface area contributed by atoms with Gasteiger partial charge < -0.3 is 19.8 Å². The largest absolute Gasteiger partial charge is 0.472 e. The van der Waals surface area contributed by atoms with Gasteiger partial charge in [0.25, 0.3) is 0 Å². The van der Waals surface area contributed by atoms with Crippen molar-refractivity contribution < 1.29 is 32.9 Å². The average molecular weight is 1030 g/mol. The molecule has 0 bridgehead atoms. The SMILES string of the molecule is CC/C=C\C/C=C\C/C=C\C/C=C\C/C=C\C/C=C\CCC(=O)NC(COP(=O)(O)OCC[N+](C)(C)C)C(O)/C=C/CCCCCCCCCCCCCCCCCCCCCCCCCCCCCCC. The Kier molecular flexibility index (Phi) is 51.8. The van der Waals surface area contributed by atoms with Crippen molar-refractivity contribution in [1.29, 1.82) is 0 Å². The molecule has 0 spiro atoms. The molecular weight excluding hydrogens is 912 g/mol. The summed E-state index contributed by atoms with van der Waals surface area (Å²) in [7, 11) is 1.52. The second kappa shape index (κ2) is 53.5. The lowest BCUT2D eigenvalue weighted by molar-refractivity contribution is -0.870. The zero-order chi connectivity index (χ0) is 52.7. The van der Waals surface area contributed by atoms with Gasteiger partial charge in [0.15, 0.2) is 0 Å². The van der Waals surface area contributed by atoms with Crippen LogP contribution in [-0.4, -0.2) is 73.4 Å². The topological polar surface area (TPSA) is 105 Å². The highest BCUT2D eigenvalue weighted by Crippen LogP contribution is 2.43. The number of unbranched alkanes of at least 4 members (excludes halogenated alkanes) is 29. The van der Waals surface area contributed by atoms with Crippen LogP contribution < -0.4 is 5.32 Å². The Hall–Kier alpha value is -2.32. The third-order valence-corrected chi connectivity index (χ3v) is 14.1. The number of phosphoric ester groups is 1. The van der Waals surface area contributed by atoms with E-state index in [2.05, 4.69) is 79.9 Å². The third-order valence-electron chi connectivity index (χ3n) is 13.1. The van der Waals surface area contributed by atoms with Gasteiger partial charge in [0.05, 0.1) is 39.9 Å². The van der Waals surface area contributed by atoms with Crippen molar-refractivity contribution in [3.63, 3.8) is 0 Å². The minimum absolute atomic E-state index is 0.0440. The number of likely N-dealkylation sites (N-methyl/N-ethyl adjacent to an activating group) is 1. The molecule has 418 valence electrons. The number of phosphoric acid groups is 1. The van der Waals surface area contributed by atoms with Crippen LogP contribution in [0.25, 0.3) is 0 Å². The Morgan fingerprint density at radius 1 is 0.486 bits per heavy atom. The van der Waals surface area contributed by atoms with Crippen molar-refractivity contribution in [2.75, 3.05) is 40.9 Å². The van der Waals surface area contributed by atoms with Crippen molar-refractivity contribution >= 4 is 13.7 Å². The fourth-order valence-electron chi connectivity index (χ4n) is 8.48. The number of quaternary nitrogens is 1. The van der Waals surface area contributed by atoms with Crippen molar-refractivity contribution in [3.8, 4) is 0 Å². The highest BCUT2D eigenvalue weighted by atomic mass is 31.2. The first kappa shape index (κ1) is 69.7. The summed E-state index contributed by atoms with van der Waals surface area (Å²) in [6.07, 6.45) is 75.8. The van der Waals surface area contributed by atoms with Crippen LogP contribution in [0.4, 0.5) is 0 Å². The van der Waals surface area contributed by atoms with Gasteiger partial charge in [-0.15, -0.1) is 0 Å². The van der Waals surface area contributed by atoms with Gasteiger partial charge in [0.1, 0.15) is 13.2 Å². The molecular formula is C63H116N2O6P+. The molecule has 0 saturated carbocycles. The summed E-state index contributed by atoms with van der Waals surface area (Å²) < 4.78 is 23.7. The molecule has 0 radical (unpaired) electrons. The van der Waals surface area contributed by atoms with Crippen LogP contribution in [0.3, 0.4) is 0 Å². The Balaban J connectivity index is 4.21. The Morgan fingerprint density at radius 3 is 1.19 bits per heavy atom. The number of aliphatic hydroxyl groups is 1. The molecule has 0 aliphatic carbocycles. The van der Waals surface area contributed by atoms with Crippen LogP contribution in [0.5, 0.6) is 0 Å². The number of nitrogens with zero attached hydrogens (tertiary/aromatic N) is 1. The molecule has 3 atom stereocenters. The van der Waals surface area contributed by atoms with E-state index in [-0.39, 0.29) is 25.5 Å². The summed E-state index contributed by atoms with van der Waals surface area (Å²) in [5.41, 5.74) is 0. The predicted molar refractivity (Wildman–Crippen MR) is 313 cm³/mol. The molecule has 0 aromatic rings. The minimum atomic E-state index is -4.37. The Morgan fingerprint density at radius 2 is 0.833 bits per heavy atom. The van der Waals surface area contributed by atoms with Gasteiger partial charge in [-0.2, -0.15) is 0 Å². The lowest BCUT2D eigenvalue weighted by Crippen LogP contribution is -2.45. The molecule has 1 amide bonds. The quantitative estimate of drug-likeness (QED) is 0.0243. The van der Waals surface area contributed by atoms with E-state index in [1.165, 1.54) is 173 Å². The predicted octanol–water partition coefficient (Wildman–Crippen LogP) is 18.4. The van der Waals surface area contributed by atoms with E-state index in [9.17, 15) is 19.4 Å². The molecule has 0 fully saturated rings. The van der Waals surface area contributed by atoms with Gasteiger partial charge in [-0.25, -0.2) is 4.57 Å². The van der Waals surface area contributed by atoms with E-state index in [1.54, 1.807) is 6.08 Å². The molecule has 0 saturated heterocycles. The molecule has 3 N–H and O–H groups in total. The fourth-order valence-corrected chi connectivity index (χ4v) is 9.21. The summed E-state index contributed by atoms with van der Waals surface area (Å²) in [6.45, 7) is 4.66. The number of rotatable bonds is 54. The highest BCUT2D eigenvalue weighted by Gasteiger charge is 2.27. The summed E-state index contributed by atoms with van der Waals surface area (Å²) >= 11 is 0. The first-order chi connectivity index (χ1) is 35.0. The molecule has 0 heterocycles. The number of aliphatic hydroxyl groups excluding tert-OH is 1. The van der Waals surface area contributed by atoms with Gasteiger partial charge in [0, 0.05) is 6.42 Å². The number of allylic oxidation sites excluding steroid dienone is 13. The Bertz CT molecular complexity index is 1450. The van der Waals surface area contributed by atoms with Crippen molar-refractivity contribution in [1.82, 2.24) is 5.32 Å². The van der Waals surface area contributed by atoms with E-state index < -0.39 is 20.0 Å². The average Bonchev–Trinajstić information content (AvgIpc) is 3.34. The van der Waals surface area contributed by atoms with Crippen molar-refractivity contribution in [2.45, 2.75) is 270 Å². The Labute approximate surface area is 446 Å². The van der Waals surface area contributed by atoms with Crippen molar-refractivity contribution in [2.24, 2.45) is 0 Å². The standard InChI is InChI=1S/C63H115N2O6P/c1-6-8-10-12-14-16-18-20-22-24-26-27-28-29-30-31-32-33-34-35-36-37-39-40-42-44-46-48-50-52-54-56-62(66)61(60-71-72(68,69)70-59-58-65(3,4)5)64-63(67)57-55-53-51-49-47-45-43-41-38-25-23-21-19-17-15-13-11-9-7-2/h9,11,15,17,21,23,38,41,45,47,51,53-54,56,61-62,66H,6-8,10,12-14,16,18-20,22,24-37,39-40,42-44,46,48-50,52,55,57-60H2,1-5H3,(H-,64,67,68,69)/p+1/b11-9-,17-15-,23-21-,41-38-,47-45-,53-51-,56-54+. The maximum absolute atomic E-state index is 12.9. The maximum atomic E-state index is 12.9. The van der Waals surface area contributed by atoms with Gasteiger partial charge in [-0.05, 0) is 57.8 Å². The normalized spacial score (nSPS) is 14.5. The molecule has 0 aliphatic rings. The number of amides is 1. The van der Waals surface area contributed by atoms with E-state index in [1.807, 2.05) is 39.4 Å². The van der Waals surface area contributed by atoms with Crippen LogP contribution in [0, 0.1) is 0 Å². The van der Waals surface area contributed by atoms with Gasteiger partial charge >= 0.3 is 7.82 Å². The fraction of sp³-hybridized carbons (Fsp3) is 0.762. The van der Waals surface area contributed by atoms with Crippen LogP contribution in [-0.2, 0) is 18.4 Å².